The van der Waals surface area contributed by atoms with Gasteiger partial charge in [0.1, 0.15) is 23.9 Å². The molecule has 0 aliphatic rings. The monoisotopic (exact) mass is 512 g/mol. The van der Waals surface area contributed by atoms with Crippen LogP contribution in [0.1, 0.15) is 38.3 Å². The standard InChI is InChI=1S/C27H36N4O6/c1-4-16(2)23(27(36)37)31-24(33)17(3)29-26(35)22(15-18-8-6-5-7-9-18)30-25(34)21(28)14-19-10-12-20(32)13-11-19/h5-13,16-17,21-23,32H,4,14-15,28H2,1-3H3,(H,29,35)(H,30,34)(H,31,33)(H,36,37). The summed E-state index contributed by atoms with van der Waals surface area (Å²) < 4.78 is 0. The quantitative estimate of drug-likeness (QED) is 0.233. The molecule has 0 bridgehead atoms. The lowest BCUT2D eigenvalue weighted by atomic mass is 9.99. The van der Waals surface area contributed by atoms with Gasteiger partial charge in [0.2, 0.25) is 17.7 Å². The van der Waals surface area contributed by atoms with Crippen LogP contribution in [0, 0.1) is 5.92 Å². The maximum absolute atomic E-state index is 13.1. The third-order valence-corrected chi connectivity index (χ3v) is 6.17. The van der Waals surface area contributed by atoms with Crippen molar-refractivity contribution in [2.24, 2.45) is 11.7 Å². The lowest BCUT2D eigenvalue weighted by molar-refractivity contribution is -0.143. The Bertz CT molecular complexity index is 1060. The first-order chi connectivity index (χ1) is 17.5. The number of benzene rings is 2. The van der Waals surface area contributed by atoms with Gasteiger partial charge in [0.15, 0.2) is 0 Å². The summed E-state index contributed by atoms with van der Waals surface area (Å²) in [5.41, 5.74) is 7.60. The predicted molar refractivity (Wildman–Crippen MR) is 138 cm³/mol. The van der Waals surface area contributed by atoms with Crippen LogP contribution in [0.3, 0.4) is 0 Å². The molecule has 0 aliphatic heterocycles. The van der Waals surface area contributed by atoms with Crippen LogP contribution in [0.25, 0.3) is 0 Å². The summed E-state index contributed by atoms with van der Waals surface area (Å²) in [5.74, 6) is -3.16. The molecule has 200 valence electrons. The van der Waals surface area contributed by atoms with Gasteiger partial charge in [-0.1, -0.05) is 62.7 Å². The van der Waals surface area contributed by atoms with E-state index < -0.39 is 47.9 Å². The van der Waals surface area contributed by atoms with Gasteiger partial charge in [-0.3, -0.25) is 14.4 Å². The zero-order chi connectivity index (χ0) is 27.5. The van der Waals surface area contributed by atoms with Crippen LogP contribution in [-0.4, -0.2) is 58.1 Å². The van der Waals surface area contributed by atoms with Crippen molar-refractivity contribution < 1.29 is 29.4 Å². The molecule has 10 nitrogen and oxygen atoms in total. The first-order valence-electron chi connectivity index (χ1n) is 12.2. The van der Waals surface area contributed by atoms with E-state index >= 15 is 0 Å². The molecule has 5 unspecified atom stereocenters. The Labute approximate surface area is 216 Å². The maximum Gasteiger partial charge on any atom is 0.326 e. The molecule has 3 amide bonds. The van der Waals surface area contributed by atoms with Crippen LogP contribution >= 0.6 is 0 Å². The van der Waals surface area contributed by atoms with Crippen LogP contribution < -0.4 is 21.7 Å². The molecular formula is C27H36N4O6. The van der Waals surface area contributed by atoms with Gasteiger partial charge < -0.3 is 31.9 Å². The lowest BCUT2D eigenvalue weighted by Crippen LogP contribution is -2.57. The molecule has 2 aromatic rings. The van der Waals surface area contributed by atoms with Crippen molar-refractivity contribution in [3.05, 3.63) is 65.7 Å². The number of hydrogen-bond donors (Lipinski definition) is 6. The zero-order valence-electron chi connectivity index (χ0n) is 21.3. The Morgan fingerprint density at radius 3 is 1.97 bits per heavy atom. The van der Waals surface area contributed by atoms with E-state index in [9.17, 15) is 29.4 Å². The van der Waals surface area contributed by atoms with E-state index in [0.717, 1.165) is 11.1 Å². The second kappa shape index (κ2) is 14.0. The Morgan fingerprint density at radius 2 is 1.41 bits per heavy atom. The summed E-state index contributed by atoms with van der Waals surface area (Å²) >= 11 is 0. The van der Waals surface area contributed by atoms with E-state index in [4.69, 9.17) is 5.73 Å². The number of carbonyl (C=O) groups is 4. The van der Waals surface area contributed by atoms with Gasteiger partial charge in [-0.05, 0) is 42.5 Å². The second-order valence-corrected chi connectivity index (χ2v) is 9.17. The number of aromatic hydroxyl groups is 1. The van der Waals surface area contributed by atoms with Gasteiger partial charge in [0, 0.05) is 6.42 Å². The molecule has 10 heteroatoms. The number of nitrogens with one attached hydrogen (secondary N) is 3. The SMILES string of the molecule is CCC(C)C(NC(=O)C(C)NC(=O)C(Cc1ccccc1)NC(=O)C(N)Cc1ccc(O)cc1)C(=O)O. The fourth-order valence-electron chi connectivity index (χ4n) is 3.66. The van der Waals surface area contributed by atoms with E-state index in [1.165, 1.54) is 19.1 Å². The molecule has 0 aromatic heterocycles. The van der Waals surface area contributed by atoms with E-state index in [2.05, 4.69) is 16.0 Å². The fraction of sp³-hybridized carbons (Fsp3) is 0.407. The van der Waals surface area contributed by atoms with Crippen molar-refractivity contribution in [1.29, 1.82) is 0 Å². The average molecular weight is 513 g/mol. The Hall–Kier alpha value is -3.92. The molecule has 0 aliphatic carbocycles. The third-order valence-electron chi connectivity index (χ3n) is 6.17. The highest BCUT2D eigenvalue weighted by atomic mass is 16.4. The van der Waals surface area contributed by atoms with Gasteiger partial charge in [-0.2, -0.15) is 0 Å². The van der Waals surface area contributed by atoms with Crippen LogP contribution in [0.5, 0.6) is 5.75 Å². The number of carboxylic acids is 1. The van der Waals surface area contributed by atoms with Crippen molar-refractivity contribution in [1.82, 2.24) is 16.0 Å². The van der Waals surface area contributed by atoms with Gasteiger partial charge in [-0.15, -0.1) is 0 Å². The van der Waals surface area contributed by atoms with Crippen LogP contribution in [0.4, 0.5) is 0 Å². The van der Waals surface area contributed by atoms with E-state index in [-0.39, 0.29) is 24.5 Å². The Morgan fingerprint density at radius 1 is 0.811 bits per heavy atom. The fourth-order valence-corrected chi connectivity index (χ4v) is 3.66. The van der Waals surface area contributed by atoms with Crippen molar-refractivity contribution in [2.75, 3.05) is 0 Å². The van der Waals surface area contributed by atoms with Crippen molar-refractivity contribution in [3.8, 4) is 5.75 Å². The van der Waals surface area contributed by atoms with Gasteiger partial charge in [0.25, 0.3) is 0 Å². The number of rotatable bonds is 13. The Kier molecular flexibility index (Phi) is 11.1. The largest absolute Gasteiger partial charge is 0.508 e. The predicted octanol–water partition coefficient (Wildman–Crippen LogP) is 1.11. The smallest absolute Gasteiger partial charge is 0.326 e. The van der Waals surface area contributed by atoms with Gasteiger partial charge >= 0.3 is 5.97 Å². The average Bonchev–Trinajstić information content (AvgIpc) is 2.87. The highest BCUT2D eigenvalue weighted by molar-refractivity contribution is 5.94. The molecule has 5 atom stereocenters. The molecule has 37 heavy (non-hydrogen) atoms. The highest BCUT2D eigenvalue weighted by Crippen LogP contribution is 2.12. The molecule has 2 rings (SSSR count). The highest BCUT2D eigenvalue weighted by Gasteiger charge is 2.30. The zero-order valence-corrected chi connectivity index (χ0v) is 21.3. The van der Waals surface area contributed by atoms with Crippen molar-refractivity contribution in [2.45, 2.75) is 64.2 Å². The first-order valence-corrected chi connectivity index (χ1v) is 12.2. The molecule has 0 heterocycles. The topological polar surface area (TPSA) is 171 Å². The van der Waals surface area contributed by atoms with Gasteiger partial charge in [-0.25, -0.2) is 4.79 Å². The van der Waals surface area contributed by atoms with Gasteiger partial charge in [0.05, 0.1) is 6.04 Å². The number of nitrogens with two attached hydrogens (primary N) is 1. The number of carbonyl (C=O) groups excluding carboxylic acids is 3. The third kappa shape index (κ3) is 9.23. The van der Waals surface area contributed by atoms with Crippen LogP contribution in [0.15, 0.2) is 54.6 Å². The summed E-state index contributed by atoms with van der Waals surface area (Å²) in [5, 5.41) is 26.6. The normalized spacial score (nSPS) is 14.9. The molecule has 0 radical (unpaired) electrons. The molecule has 0 spiro atoms. The minimum atomic E-state index is -1.15. The van der Waals surface area contributed by atoms with Crippen LogP contribution in [-0.2, 0) is 32.0 Å². The van der Waals surface area contributed by atoms with Crippen molar-refractivity contribution in [3.63, 3.8) is 0 Å². The molecule has 0 fully saturated rings. The molecule has 2 aromatic carbocycles. The summed E-state index contributed by atoms with van der Waals surface area (Å²) in [6, 6.07) is 11.2. The first kappa shape index (κ1) is 29.3. The van der Waals surface area contributed by atoms with E-state index in [1.807, 2.05) is 25.1 Å². The summed E-state index contributed by atoms with van der Waals surface area (Å²) in [6.07, 6.45) is 0.896. The van der Waals surface area contributed by atoms with Crippen LogP contribution in [0.2, 0.25) is 0 Å². The minimum absolute atomic E-state index is 0.0957. The number of amides is 3. The van der Waals surface area contributed by atoms with E-state index in [0.29, 0.717) is 6.42 Å². The van der Waals surface area contributed by atoms with Crippen molar-refractivity contribution >= 4 is 23.7 Å². The van der Waals surface area contributed by atoms with E-state index in [1.54, 1.807) is 31.2 Å². The lowest BCUT2D eigenvalue weighted by Gasteiger charge is -2.25. The summed E-state index contributed by atoms with van der Waals surface area (Å²) in [6.45, 7) is 4.98. The second-order valence-electron chi connectivity index (χ2n) is 9.17. The minimum Gasteiger partial charge on any atom is -0.508 e. The number of carboxylic acid groups (broad SMARTS) is 1. The molecule has 7 N–H and O–H groups in total. The molecular weight excluding hydrogens is 476 g/mol. The number of phenols is 1. The number of phenolic OH excluding ortho intramolecular Hbond substituents is 1. The number of aliphatic carboxylic acids is 1. The summed E-state index contributed by atoms with van der Waals surface area (Å²) in [4.78, 5) is 50.2. The Balaban J connectivity index is 2.10. The molecule has 0 saturated carbocycles. The number of hydrogen-bond acceptors (Lipinski definition) is 6. The molecule has 0 saturated heterocycles. The maximum atomic E-state index is 13.1. The summed E-state index contributed by atoms with van der Waals surface area (Å²) in [7, 11) is 0.